The Hall–Kier alpha value is -1.40. The molecule has 1 saturated carbocycles. The van der Waals surface area contributed by atoms with Gasteiger partial charge in [-0.2, -0.15) is 17.5 Å². The third kappa shape index (κ3) is 5.23. The highest BCUT2D eigenvalue weighted by molar-refractivity contribution is 7.88. The van der Waals surface area contributed by atoms with Crippen molar-refractivity contribution in [3.8, 4) is 0 Å². The van der Waals surface area contributed by atoms with E-state index in [2.05, 4.69) is 4.90 Å². The first-order valence-corrected chi connectivity index (χ1v) is 13.6. The molecule has 0 aromatic heterocycles. The average Bonchev–Trinajstić information content (AvgIpc) is 3.17. The minimum Gasteiger partial charge on any atom is -0.392 e. The largest absolute Gasteiger partial charge is 0.417 e. The number of aliphatic hydroxyl groups is 1. The van der Waals surface area contributed by atoms with E-state index in [4.69, 9.17) is 11.6 Å². The van der Waals surface area contributed by atoms with Gasteiger partial charge >= 0.3 is 6.18 Å². The Kier molecular flexibility index (Phi) is 7.23. The lowest BCUT2D eigenvalue weighted by Crippen LogP contribution is -2.69. The first kappa shape index (κ1) is 25.7. The number of likely N-dealkylation sites (tertiary alicyclic amines) is 1. The number of hydrogen-bond donors (Lipinski definition) is 1. The minimum atomic E-state index is -4.58. The van der Waals surface area contributed by atoms with Crippen LogP contribution >= 0.6 is 11.6 Å². The van der Waals surface area contributed by atoms with Crippen molar-refractivity contribution in [1.82, 2.24) is 14.1 Å². The van der Waals surface area contributed by atoms with Gasteiger partial charge < -0.3 is 10.0 Å². The number of benzene rings is 1. The number of aliphatic hydroxyl groups excluding tert-OH is 1. The topological polar surface area (TPSA) is 81.2 Å². The third-order valence-electron chi connectivity index (χ3n) is 7.18. The molecule has 4 rings (SSSR count). The van der Waals surface area contributed by atoms with E-state index in [0.717, 1.165) is 18.9 Å². The Bertz CT molecular complexity index is 1040. The summed E-state index contributed by atoms with van der Waals surface area (Å²) in [4.78, 5) is 17.3. The van der Waals surface area contributed by atoms with Crippen LogP contribution in [0.5, 0.6) is 0 Å². The maximum atomic E-state index is 13.4. The molecule has 1 aliphatic carbocycles. The standard InChI is InChI=1S/C22H29ClF3N3O4S/c1-34(32,33)29-10-9-28(20(31)12-14-5-6-16(17(23)11-14)22(24,25)26)21-18(3-2-4-19(21)29)27-8-7-15(30)13-27/h5-6,11,15,18-19,21,30H,2-4,7-10,12-13H2,1H3/t15-,18-,19-,21+/m0/s1. The van der Waals surface area contributed by atoms with Gasteiger partial charge in [-0.15, -0.1) is 0 Å². The van der Waals surface area contributed by atoms with Crippen LogP contribution in [0.1, 0.15) is 36.8 Å². The SMILES string of the molecule is CS(=O)(=O)N1CCN(C(=O)Cc2ccc(C(F)(F)F)c(Cl)c2)[C@@H]2[C@@H](N3CC[C@H](O)C3)CCC[C@@H]21. The molecule has 0 radical (unpaired) electrons. The second-order valence-corrected chi connectivity index (χ2v) is 11.8. The number of amides is 1. The van der Waals surface area contributed by atoms with Crippen molar-refractivity contribution in [1.29, 1.82) is 0 Å². The fraction of sp³-hybridized carbons (Fsp3) is 0.682. The summed E-state index contributed by atoms with van der Waals surface area (Å²) in [5.74, 6) is -0.273. The van der Waals surface area contributed by atoms with Gasteiger partial charge in [0.05, 0.1) is 35.4 Å². The summed E-state index contributed by atoms with van der Waals surface area (Å²) in [7, 11) is -3.48. The first-order valence-electron chi connectivity index (χ1n) is 11.4. The summed E-state index contributed by atoms with van der Waals surface area (Å²) in [5, 5.41) is 9.60. The second kappa shape index (κ2) is 9.57. The van der Waals surface area contributed by atoms with Crippen molar-refractivity contribution in [3.05, 3.63) is 34.3 Å². The zero-order valence-electron chi connectivity index (χ0n) is 18.8. The Labute approximate surface area is 202 Å². The Balaban J connectivity index is 1.60. The zero-order chi connectivity index (χ0) is 24.8. The highest BCUT2D eigenvalue weighted by Gasteiger charge is 2.49. The third-order valence-corrected chi connectivity index (χ3v) is 8.80. The lowest BCUT2D eigenvalue weighted by molar-refractivity contribution is -0.140. The molecular formula is C22H29ClF3N3O4S. The predicted molar refractivity (Wildman–Crippen MR) is 121 cm³/mol. The van der Waals surface area contributed by atoms with Crippen molar-refractivity contribution >= 4 is 27.5 Å². The van der Waals surface area contributed by atoms with Crippen LogP contribution in [0.25, 0.3) is 0 Å². The van der Waals surface area contributed by atoms with E-state index in [1.807, 2.05) is 0 Å². The molecule has 7 nitrogen and oxygen atoms in total. The number of rotatable bonds is 4. The molecule has 2 heterocycles. The van der Waals surface area contributed by atoms with Crippen LogP contribution in [0.3, 0.4) is 0 Å². The fourth-order valence-corrected chi connectivity index (χ4v) is 7.18. The van der Waals surface area contributed by atoms with Crippen molar-refractivity contribution in [2.24, 2.45) is 0 Å². The van der Waals surface area contributed by atoms with Crippen molar-refractivity contribution in [2.75, 3.05) is 32.4 Å². The van der Waals surface area contributed by atoms with E-state index in [1.165, 1.54) is 22.7 Å². The molecule has 1 N–H and O–H groups in total. The number of piperazine rings is 1. The molecule has 3 aliphatic rings. The van der Waals surface area contributed by atoms with Crippen molar-refractivity contribution in [2.45, 2.75) is 62.5 Å². The summed E-state index contributed by atoms with van der Waals surface area (Å²) in [5.41, 5.74) is -0.582. The maximum absolute atomic E-state index is 13.4. The molecule has 2 aliphatic heterocycles. The highest BCUT2D eigenvalue weighted by atomic mass is 35.5. The molecular weight excluding hydrogens is 495 g/mol. The van der Waals surface area contributed by atoms with E-state index in [1.54, 1.807) is 4.90 Å². The van der Waals surface area contributed by atoms with Gasteiger partial charge in [0.25, 0.3) is 0 Å². The fourth-order valence-electron chi connectivity index (χ4n) is 5.73. The summed E-state index contributed by atoms with van der Waals surface area (Å²) in [6.07, 6.45) is -1.15. The Morgan fingerprint density at radius 1 is 1.15 bits per heavy atom. The number of fused-ring (bicyclic) bond motifs is 1. The van der Waals surface area contributed by atoms with E-state index < -0.39 is 32.9 Å². The lowest BCUT2D eigenvalue weighted by atomic mass is 9.82. The van der Waals surface area contributed by atoms with Gasteiger partial charge in [-0.25, -0.2) is 8.42 Å². The monoisotopic (exact) mass is 523 g/mol. The van der Waals surface area contributed by atoms with Crippen LogP contribution in [-0.4, -0.2) is 90.2 Å². The van der Waals surface area contributed by atoms with E-state index in [9.17, 15) is 31.5 Å². The first-order chi connectivity index (χ1) is 15.9. The zero-order valence-corrected chi connectivity index (χ0v) is 20.4. The van der Waals surface area contributed by atoms with Gasteiger partial charge in [-0.1, -0.05) is 24.1 Å². The van der Waals surface area contributed by atoms with Gasteiger partial charge in [-0.05, 0) is 37.0 Å². The smallest absolute Gasteiger partial charge is 0.392 e. The van der Waals surface area contributed by atoms with E-state index in [-0.39, 0.29) is 43.5 Å². The number of carbonyl (C=O) groups is 1. The molecule has 190 valence electrons. The van der Waals surface area contributed by atoms with Gasteiger partial charge in [0, 0.05) is 38.3 Å². The normalized spacial score (nSPS) is 29.3. The number of alkyl halides is 3. The minimum absolute atomic E-state index is 0.0967. The molecule has 0 bridgehead atoms. The van der Waals surface area contributed by atoms with Crippen molar-refractivity contribution in [3.63, 3.8) is 0 Å². The van der Waals surface area contributed by atoms with Crippen LogP contribution in [0.15, 0.2) is 18.2 Å². The van der Waals surface area contributed by atoms with Gasteiger partial charge in [-0.3, -0.25) is 9.69 Å². The van der Waals surface area contributed by atoms with E-state index in [0.29, 0.717) is 31.5 Å². The molecule has 34 heavy (non-hydrogen) atoms. The molecule has 1 aromatic rings. The molecule has 2 saturated heterocycles. The van der Waals surface area contributed by atoms with Crippen LogP contribution in [0.2, 0.25) is 5.02 Å². The van der Waals surface area contributed by atoms with Crippen LogP contribution in [0.4, 0.5) is 13.2 Å². The van der Waals surface area contributed by atoms with Gasteiger partial charge in [0.15, 0.2) is 0 Å². The lowest BCUT2D eigenvalue weighted by Gasteiger charge is -2.53. The molecule has 3 fully saturated rings. The van der Waals surface area contributed by atoms with Gasteiger partial charge in [0.1, 0.15) is 0 Å². The number of carbonyl (C=O) groups excluding carboxylic acids is 1. The summed E-state index contributed by atoms with van der Waals surface area (Å²) < 4.78 is 65.6. The Morgan fingerprint density at radius 3 is 2.44 bits per heavy atom. The molecule has 12 heteroatoms. The molecule has 4 atom stereocenters. The number of sulfonamides is 1. The van der Waals surface area contributed by atoms with Crippen molar-refractivity contribution < 1.29 is 31.5 Å². The predicted octanol–water partition coefficient (Wildman–Crippen LogP) is 2.36. The quantitative estimate of drug-likeness (QED) is 0.655. The Morgan fingerprint density at radius 2 is 1.85 bits per heavy atom. The average molecular weight is 524 g/mol. The van der Waals surface area contributed by atoms with Crippen LogP contribution in [0, 0.1) is 0 Å². The molecule has 0 spiro atoms. The molecule has 0 unspecified atom stereocenters. The number of halogens is 4. The summed E-state index contributed by atoms with van der Waals surface area (Å²) in [6.45, 7) is 1.52. The van der Waals surface area contributed by atoms with E-state index >= 15 is 0 Å². The maximum Gasteiger partial charge on any atom is 0.417 e. The molecule has 1 amide bonds. The van der Waals surface area contributed by atoms with Crippen LogP contribution < -0.4 is 0 Å². The number of β-amino-alcohol motifs (C(OH)–C–C–N with tert-alkyl or cyclic N) is 1. The number of nitrogens with zero attached hydrogens (tertiary/aromatic N) is 3. The second-order valence-electron chi connectivity index (χ2n) is 9.44. The molecule has 1 aromatic carbocycles. The summed E-state index contributed by atoms with van der Waals surface area (Å²) in [6, 6.07) is 2.44. The van der Waals surface area contributed by atoms with Crippen LogP contribution in [-0.2, 0) is 27.4 Å². The summed E-state index contributed by atoms with van der Waals surface area (Å²) >= 11 is 5.84. The van der Waals surface area contributed by atoms with Gasteiger partial charge in [0.2, 0.25) is 15.9 Å². The number of hydrogen-bond acceptors (Lipinski definition) is 5. The highest BCUT2D eigenvalue weighted by Crippen LogP contribution is 2.37.